The summed E-state index contributed by atoms with van der Waals surface area (Å²) in [6.07, 6.45) is 9.90. The number of aliphatic imine (C=N–C) groups is 1. The second-order valence-electron chi connectivity index (χ2n) is 7.33. The van der Waals surface area contributed by atoms with Crippen molar-refractivity contribution in [3.63, 3.8) is 0 Å². The lowest BCUT2D eigenvalue weighted by molar-refractivity contribution is 0.453. The van der Waals surface area contributed by atoms with Crippen LogP contribution in [0.2, 0.25) is 0 Å². The van der Waals surface area contributed by atoms with Crippen molar-refractivity contribution in [2.45, 2.75) is 51.1 Å². The van der Waals surface area contributed by atoms with Crippen molar-refractivity contribution in [2.75, 3.05) is 0 Å². The van der Waals surface area contributed by atoms with Gasteiger partial charge in [0, 0.05) is 6.04 Å². The number of rotatable bonds is 6. The summed E-state index contributed by atoms with van der Waals surface area (Å²) in [4.78, 5) is 13.5. The third-order valence-corrected chi connectivity index (χ3v) is 6.14. The van der Waals surface area contributed by atoms with Gasteiger partial charge in [-0.1, -0.05) is 43.9 Å². The van der Waals surface area contributed by atoms with Crippen LogP contribution in [0.15, 0.2) is 53.0 Å². The number of hydrogen-bond acceptors (Lipinski definition) is 4. The fourth-order valence-electron chi connectivity index (χ4n) is 3.66. The number of H-pyrrole nitrogens is 1. The fraction of sp³-hybridized carbons (Fsp3) is 0.364. The second kappa shape index (κ2) is 10.6. The van der Waals surface area contributed by atoms with Crippen LogP contribution in [0.25, 0.3) is 11.3 Å². The Balaban J connectivity index is 0.00000240. The smallest absolute Gasteiger partial charge is 0.141 e. The number of nitrogens with two attached hydrogens (primary N) is 1. The number of amidine groups is 1. The summed E-state index contributed by atoms with van der Waals surface area (Å²) in [7, 11) is 0. The molecule has 4 N–H and O–H groups in total. The summed E-state index contributed by atoms with van der Waals surface area (Å²) < 4.78 is 0. The summed E-state index contributed by atoms with van der Waals surface area (Å²) in [5.74, 6) is 1.54. The lowest BCUT2D eigenvalue weighted by Crippen LogP contribution is -2.28. The van der Waals surface area contributed by atoms with E-state index in [1.807, 2.05) is 35.8 Å². The van der Waals surface area contributed by atoms with Gasteiger partial charge in [-0.3, -0.25) is 0 Å². The molecular weight excluding hydrogens is 402 g/mol. The molecule has 4 rings (SSSR count). The molecule has 5 nitrogen and oxygen atoms in total. The number of aromatic nitrogens is 2. The molecule has 0 bridgehead atoms. The van der Waals surface area contributed by atoms with Crippen LogP contribution in [-0.2, 0) is 6.54 Å². The minimum atomic E-state index is 0. The van der Waals surface area contributed by atoms with E-state index < -0.39 is 0 Å². The average molecular weight is 430 g/mol. The lowest BCUT2D eigenvalue weighted by atomic mass is 10.1. The molecule has 0 saturated heterocycles. The number of halogens is 1. The molecule has 0 amide bonds. The topological polar surface area (TPSA) is 79.1 Å². The van der Waals surface area contributed by atoms with Gasteiger partial charge in [0.15, 0.2) is 0 Å². The highest BCUT2D eigenvalue weighted by atomic mass is 35.5. The van der Waals surface area contributed by atoms with Gasteiger partial charge in [-0.15, -0.1) is 23.7 Å². The maximum Gasteiger partial charge on any atom is 0.141 e. The Kier molecular flexibility index (Phi) is 7.86. The SMILES string of the molecule is Cl.NC(=Nc1ccc(-c2cnc(CNC3CCCCCC3)[nH]2)cc1)c1cccs1. The third kappa shape index (κ3) is 5.92. The molecule has 0 spiro atoms. The van der Waals surface area contributed by atoms with Crippen molar-refractivity contribution in [2.24, 2.45) is 10.7 Å². The zero-order chi connectivity index (χ0) is 19.2. The molecule has 7 heteroatoms. The van der Waals surface area contributed by atoms with Gasteiger partial charge in [-0.25, -0.2) is 9.98 Å². The Bertz CT molecular complexity index is 894. The van der Waals surface area contributed by atoms with Crippen LogP contribution < -0.4 is 11.1 Å². The summed E-state index contributed by atoms with van der Waals surface area (Å²) in [5.41, 5.74) is 9.04. The van der Waals surface area contributed by atoms with Gasteiger partial charge in [0.05, 0.1) is 29.0 Å². The van der Waals surface area contributed by atoms with Gasteiger partial charge in [0.25, 0.3) is 0 Å². The standard InChI is InChI=1S/C22H27N5S.ClH/c23-22(20-8-5-13-28-20)26-18-11-9-16(10-12-18)19-14-25-21(27-19)15-24-17-6-3-1-2-4-7-17;/h5,8-14,17,24H,1-4,6-7,15H2,(H2,23,26)(H,25,27);1H. The monoisotopic (exact) mass is 429 g/mol. The molecule has 0 atom stereocenters. The highest BCUT2D eigenvalue weighted by molar-refractivity contribution is 7.12. The highest BCUT2D eigenvalue weighted by Gasteiger charge is 2.12. The molecule has 1 aromatic carbocycles. The highest BCUT2D eigenvalue weighted by Crippen LogP contribution is 2.22. The Labute approximate surface area is 182 Å². The predicted octanol–water partition coefficient (Wildman–Crippen LogP) is 5.41. The average Bonchev–Trinajstić information content (AvgIpc) is 3.35. The van der Waals surface area contributed by atoms with Crippen molar-refractivity contribution < 1.29 is 0 Å². The molecule has 29 heavy (non-hydrogen) atoms. The number of thiophene rings is 1. The van der Waals surface area contributed by atoms with Crippen molar-refractivity contribution in [1.29, 1.82) is 0 Å². The number of hydrogen-bond donors (Lipinski definition) is 3. The van der Waals surface area contributed by atoms with Gasteiger partial charge in [-0.2, -0.15) is 0 Å². The first-order valence-corrected chi connectivity index (χ1v) is 10.9. The third-order valence-electron chi connectivity index (χ3n) is 5.24. The van der Waals surface area contributed by atoms with Gasteiger partial charge in [-0.05, 0) is 42.0 Å². The quantitative estimate of drug-likeness (QED) is 0.278. The maximum atomic E-state index is 6.07. The molecule has 1 saturated carbocycles. The largest absolute Gasteiger partial charge is 0.383 e. The Morgan fingerprint density at radius 3 is 2.59 bits per heavy atom. The van der Waals surface area contributed by atoms with Crippen LogP contribution in [0.4, 0.5) is 5.69 Å². The van der Waals surface area contributed by atoms with E-state index in [-0.39, 0.29) is 12.4 Å². The van der Waals surface area contributed by atoms with E-state index >= 15 is 0 Å². The van der Waals surface area contributed by atoms with Crippen molar-refractivity contribution in [3.05, 3.63) is 58.7 Å². The Hall–Kier alpha value is -2.15. The molecule has 3 aromatic rings. The zero-order valence-corrected chi connectivity index (χ0v) is 18.1. The molecule has 154 valence electrons. The first kappa shape index (κ1) is 21.6. The summed E-state index contributed by atoms with van der Waals surface area (Å²) in [5, 5.41) is 5.66. The van der Waals surface area contributed by atoms with Crippen molar-refractivity contribution in [3.8, 4) is 11.3 Å². The van der Waals surface area contributed by atoms with E-state index in [0.29, 0.717) is 11.9 Å². The van der Waals surface area contributed by atoms with Crippen LogP contribution in [-0.4, -0.2) is 21.8 Å². The Morgan fingerprint density at radius 2 is 1.90 bits per heavy atom. The predicted molar refractivity (Wildman–Crippen MR) is 124 cm³/mol. The summed E-state index contributed by atoms with van der Waals surface area (Å²) >= 11 is 1.59. The summed E-state index contributed by atoms with van der Waals surface area (Å²) in [6.45, 7) is 0.796. The van der Waals surface area contributed by atoms with Gasteiger partial charge < -0.3 is 16.0 Å². The minimum absolute atomic E-state index is 0. The van der Waals surface area contributed by atoms with Crippen LogP contribution in [0.3, 0.4) is 0 Å². The number of benzene rings is 1. The number of aromatic amines is 1. The van der Waals surface area contributed by atoms with Gasteiger partial charge in [0.1, 0.15) is 11.7 Å². The first-order chi connectivity index (χ1) is 13.8. The maximum absolute atomic E-state index is 6.07. The summed E-state index contributed by atoms with van der Waals surface area (Å²) in [6, 6.07) is 12.7. The van der Waals surface area contributed by atoms with Gasteiger partial charge in [0.2, 0.25) is 0 Å². The van der Waals surface area contributed by atoms with Crippen LogP contribution in [0.1, 0.15) is 49.2 Å². The normalized spacial score (nSPS) is 15.7. The number of nitrogens with zero attached hydrogens (tertiary/aromatic N) is 2. The van der Waals surface area contributed by atoms with E-state index in [0.717, 1.165) is 34.2 Å². The van der Waals surface area contributed by atoms with E-state index in [1.165, 1.54) is 38.5 Å². The number of imidazole rings is 1. The molecular formula is C22H28ClN5S. The molecule has 0 unspecified atom stereocenters. The molecule has 1 aliphatic carbocycles. The minimum Gasteiger partial charge on any atom is -0.383 e. The Morgan fingerprint density at radius 1 is 1.14 bits per heavy atom. The molecule has 0 radical (unpaired) electrons. The van der Waals surface area contributed by atoms with Crippen molar-refractivity contribution in [1.82, 2.24) is 15.3 Å². The zero-order valence-electron chi connectivity index (χ0n) is 16.4. The van der Waals surface area contributed by atoms with Crippen LogP contribution in [0.5, 0.6) is 0 Å². The fourth-order valence-corrected chi connectivity index (χ4v) is 4.28. The molecule has 1 fully saturated rings. The van der Waals surface area contributed by atoms with E-state index in [2.05, 4.69) is 32.4 Å². The molecule has 0 aliphatic heterocycles. The van der Waals surface area contributed by atoms with Gasteiger partial charge >= 0.3 is 0 Å². The number of nitrogens with one attached hydrogen (secondary N) is 2. The van der Waals surface area contributed by atoms with E-state index in [1.54, 1.807) is 11.3 Å². The lowest BCUT2D eigenvalue weighted by Gasteiger charge is -2.14. The van der Waals surface area contributed by atoms with Crippen LogP contribution in [0, 0.1) is 0 Å². The van der Waals surface area contributed by atoms with Crippen LogP contribution >= 0.6 is 23.7 Å². The first-order valence-electron chi connectivity index (χ1n) is 10.0. The molecule has 2 aromatic heterocycles. The second-order valence-corrected chi connectivity index (χ2v) is 8.28. The molecule has 1 aliphatic rings. The van der Waals surface area contributed by atoms with E-state index in [9.17, 15) is 0 Å². The van der Waals surface area contributed by atoms with Crippen molar-refractivity contribution >= 4 is 35.3 Å². The van der Waals surface area contributed by atoms with E-state index in [4.69, 9.17) is 5.73 Å². The molecule has 2 heterocycles.